The maximum Gasteiger partial charge on any atom is 0.337 e. The second-order valence-corrected chi connectivity index (χ2v) is 5.85. The molecule has 0 saturated heterocycles. The first-order valence-corrected chi connectivity index (χ1v) is 7.51. The molecular weight excluding hydrogens is 330 g/mol. The van der Waals surface area contributed by atoms with E-state index in [0.717, 1.165) is 15.7 Å². The molecule has 2 aromatic rings. The van der Waals surface area contributed by atoms with Crippen molar-refractivity contribution >= 4 is 27.6 Å². The van der Waals surface area contributed by atoms with Crippen LogP contribution < -0.4 is 5.32 Å². The summed E-state index contributed by atoms with van der Waals surface area (Å²) in [7, 11) is 1.39. The highest BCUT2D eigenvalue weighted by Gasteiger charge is 2.11. The molecule has 0 bridgehead atoms. The molecule has 0 fully saturated rings. The van der Waals surface area contributed by atoms with Gasteiger partial charge in [0.25, 0.3) is 0 Å². The van der Waals surface area contributed by atoms with Crippen molar-refractivity contribution in [3.63, 3.8) is 0 Å². The molecule has 1 unspecified atom stereocenters. The molecule has 110 valence electrons. The van der Waals surface area contributed by atoms with Gasteiger partial charge in [0.1, 0.15) is 0 Å². The van der Waals surface area contributed by atoms with Crippen LogP contribution in [0.5, 0.6) is 0 Å². The smallest absolute Gasteiger partial charge is 0.337 e. The molecule has 2 rings (SSSR count). The molecule has 0 heterocycles. The Labute approximate surface area is 133 Å². The van der Waals surface area contributed by atoms with Gasteiger partial charge in [-0.05, 0) is 49.2 Å². The number of benzene rings is 2. The summed E-state index contributed by atoms with van der Waals surface area (Å²) in [6.07, 6.45) is 0. The summed E-state index contributed by atoms with van der Waals surface area (Å²) in [6, 6.07) is 13.8. The maximum atomic E-state index is 11.6. The van der Waals surface area contributed by atoms with Gasteiger partial charge in [-0.2, -0.15) is 0 Å². The molecular formula is C17H18BrNO2. The Hall–Kier alpha value is -1.81. The number of halogens is 1. The molecule has 1 atom stereocenters. The minimum Gasteiger partial charge on any atom is -0.465 e. The Balaban J connectivity index is 2.22. The molecule has 4 heteroatoms. The lowest BCUT2D eigenvalue weighted by Crippen LogP contribution is -2.09. The van der Waals surface area contributed by atoms with E-state index >= 15 is 0 Å². The zero-order chi connectivity index (χ0) is 15.4. The van der Waals surface area contributed by atoms with E-state index in [1.807, 2.05) is 31.2 Å². The van der Waals surface area contributed by atoms with E-state index in [0.29, 0.717) is 5.56 Å². The molecule has 3 nitrogen and oxygen atoms in total. The Morgan fingerprint density at radius 2 is 1.86 bits per heavy atom. The Morgan fingerprint density at radius 1 is 1.19 bits per heavy atom. The van der Waals surface area contributed by atoms with Gasteiger partial charge in [0, 0.05) is 16.2 Å². The summed E-state index contributed by atoms with van der Waals surface area (Å²) < 4.78 is 5.82. The Morgan fingerprint density at radius 3 is 2.48 bits per heavy atom. The van der Waals surface area contributed by atoms with Crippen LogP contribution in [-0.4, -0.2) is 13.1 Å². The van der Waals surface area contributed by atoms with Crippen molar-refractivity contribution in [1.82, 2.24) is 0 Å². The standard InChI is InChI=1S/C17H18BrNO2/c1-11-4-5-14(17(20)21-3)10-16(11)19-12(2)13-6-8-15(18)9-7-13/h4-10,12,19H,1-3H3. The summed E-state index contributed by atoms with van der Waals surface area (Å²) in [5.41, 5.74) is 3.76. The first-order valence-electron chi connectivity index (χ1n) is 6.72. The van der Waals surface area contributed by atoms with E-state index < -0.39 is 0 Å². The molecule has 0 aromatic heterocycles. The quantitative estimate of drug-likeness (QED) is 0.813. The maximum absolute atomic E-state index is 11.6. The van der Waals surface area contributed by atoms with Crippen molar-refractivity contribution in [2.24, 2.45) is 0 Å². The number of rotatable bonds is 4. The zero-order valence-corrected chi connectivity index (χ0v) is 13.9. The Bertz CT molecular complexity index is 638. The van der Waals surface area contributed by atoms with Gasteiger partial charge in [0.15, 0.2) is 0 Å². The normalized spacial score (nSPS) is 11.8. The number of ether oxygens (including phenoxy) is 1. The minimum absolute atomic E-state index is 0.143. The highest BCUT2D eigenvalue weighted by Crippen LogP contribution is 2.24. The monoisotopic (exact) mass is 347 g/mol. The third kappa shape index (κ3) is 3.85. The average Bonchev–Trinajstić information content (AvgIpc) is 2.49. The van der Waals surface area contributed by atoms with Gasteiger partial charge in [-0.3, -0.25) is 0 Å². The first kappa shape index (κ1) is 15.6. The molecule has 0 amide bonds. The van der Waals surface area contributed by atoms with Crippen molar-refractivity contribution < 1.29 is 9.53 Å². The predicted molar refractivity (Wildman–Crippen MR) is 88.7 cm³/mol. The summed E-state index contributed by atoms with van der Waals surface area (Å²) >= 11 is 3.43. The topological polar surface area (TPSA) is 38.3 Å². The number of esters is 1. The largest absolute Gasteiger partial charge is 0.465 e. The van der Waals surface area contributed by atoms with Gasteiger partial charge in [0.2, 0.25) is 0 Å². The lowest BCUT2D eigenvalue weighted by molar-refractivity contribution is 0.0601. The molecule has 0 spiro atoms. The second-order valence-electron chi connectivity index (χ2n) is 4.94. The van der Waals surface area contributed by atoms with Crippen molar-refractivity contribution in [3.05, 3.63) is 63.6 Å². The van der Waals surface area contributed by atoms with Gasteiger partial charge in [-0.25, -0.2) is 4.79 Å². The molecule has 21 heavy (non-hydrogen) atoms. The fraction of sp³-hybridized carbons (Fsp3) is 0.235. The SMILES string of the molecule is COC(=O)c1ccc(C)c(NC(C)c2ccc(Br)cc2)c1. The number of hydrogen-bond donors (Lipinski definition) is 1. The fourth-order valence-corrected chi connectivity index (χ4v) is 2.35. The number of nitrogens with one attached hydrogen (secondary N) is 1. The van der Waals surface area contributed by atoms with Crippen LogP contribution in [0.1, 0.15) is 34.5 Å². The van der Waals surface area contributed by atoms with E-state index in [4.69, 9.17) is 4.74 Å². The number of hydrogen-bond acceptors (Lipinski definition) is 3. The van der Waals surface area contributed by atoms with E-state index in [1.54, 1.807) is 6.07 Å². The van der Waals surface area contributed by atoms with E-state index in [2.05, 4.69) is 40.3 Å². The van der Waals surface area contributed by atoms with Gasteiger partial charge in [-0.15, -0.1) is 0 Å². The lowest BCUT2D eigenvalue weighted by atomic mass is 10.1. The molecule has 0 aliphatic rings. The molecule has 0 aliphatic carbocycles. The molecule has 0 aliphatic heterocycles. The van der Waals surface area contributed by atoms with E-state index in [1.165, 1.54) is 12.7 Å². The van der Waals surface area contributed by atoms with Crippen LogP contribution in [0.2, 0.25) is 0 Å². The van der Waals surface area contributed by atoms with Gasteiger partial charge in [-0.1, -0.05) is 34.1 Å². The highest BCUT2D eigenvalue weighted by atomic mass is 79.9. The van der Waals surface area contributed by atoms with Crippen molar-refractivity contribution in [2.75, 3.05) is 12.4 Å². The third-order valence-electron chi connectivity index (χ3n) is 3.40. The lowest BCUT2D eigenvalue weighted by Gasteiger charge is -2.18. The summed E-state index contributed by atoms with van der Waals surface area (Å²) in [5, 5.41) is 3.44. The van der Waals surface area contributed by atoms with Crippen molar-refractivity contribution in [3.8, 4) is 0 Å². The van der Waals surface area contributed by atoms with Crippen LogP contribution in [-0.2, 0) is 4.74 Å². The van der Waals surface area contributed by atoms with Crippen LogP contribution in [0.3, 0.4) is 0 Å². The summed E-state index contributed by atoms with van der Waals surface area (Å²) in [4.78, 5) is 11.6. The minimum atomic E-state index is -0.325. The Kier molecular flexibility index (Phi) is 5.02. The van der Waals surface area contributed by atoms with Crippen LogP contribution in [0.4, 0.5) is 5.69 Å². The zero-order valence-electron chi connectivity index (χ0n) is 12.3. The van der Waals surface area contributed by atoms with Crippen LogP contribution >= 0.6 is 15.9 Å². The van der Waals surface area contributed by atoms with Gasteiger partial charge in [0.05, 0.1) is 12.7 Å². The predicted octanol–water partition coefficient (Wildman–Crippen LogP) is 4.72. The number of aryl methyl sites for hydroxylation is 1. The van der Waals surface area contributed by atoms with Crippen LogP contribution in [0.25, 0.3) is 0 Å². The molecule has 0 radical (unpaired) electrons. The third-order valence-corrected chi connectivity index (χ3v) is 3.93. The van der Waals surface area contributed by atoms with E-state index in [9.17, 15) is 4.79 Å². The average molecular weight is 348 g/mol. The second kappa shape index (κ2) is 6.76. The van der Waals surface area contributed by atoms with Gasteiger partial charge >= 0.3 is 5.97 Å². The highest BCUT2D eigenvalue weighted by molar-refractivity contribution is 9.10. The summed E-state index contributed by atoms with van der Waals surface area (Å²) in [6.45, 7) is 4.10. The van der Waals surface area contributed by atoms with Crippen LogP contribution in [0.15, 0.2) is 46.9 Å². The summed E-state index contributed by atoms with van der Waals surface area (Å²) in [5.74, 6) is -0.325. The van der Waals surface area contributed by atoms with E-state index in [-0.39, 0.29) is 12.0 Å². The first-order chi connectivity index (χ1) is 10.0. The fourth-order valence-electron chi connectivity index (χ4n) is 2.09. The number of carbonyl (C=O) groups is 1. The number of anilines is 1. The number of methoxy groups -OCH3 is 1. The molecule has 0 saturated carbocycles. The number of carbonyl (C=O) groups excluding carboxylic acids is 1. The van der Waals surface area contributed by atoms with Crippen molar-refractivity contribution in [1.29, 1.82) is 0 Å². The van der Waals surface area contributed by atoms with Gasteiger partial charge < -0.3 is 10.1 Å². The van der Waals surface area contributed by atoms with Crippen molar-refractivity contribution in [2.45, 2.75) is 19.9 Å². The molecule has 2 aromatic carbocycles. The molecule has 1 N–H and O–H groups in total. The van der Waals surface area contributed by atoms with Crippen LogP contribution in [0, 0.1) is 6.92 Å².